The van der Waals surface area contributed by atoms with E-state index in [1.54, 1.807) is 23.1 Å². The number of halogens is 3. The molecule has 1 aromatic carbocycles. The topological polar surface area (TPSA) is 61.4 Å². The lowest BCUT2D eigenvalue weighted by Crippen LogP contribution is -2.53. The number of nitrogens with zero attached hydrogens (tertiary/aromatic N) is 1. The van der Waals surface area contributed by atoms with Gasteiger partial charge in [-0.05, 0) is 56.7 Å². The monoisotopic (exact) mass is 431 g/mol. The van der Waals surface area contributed by atoms with Crippen LogP contribution in [-0.4, -0.2) is 47.4 Å². The van der Waals surface area contributed by atoms with Crippen LogP contribution in [0.1, 0.15) is 48.9 Å². The molecule has 1 aromatic rings. The van der Waals surface area contributed by atoms with Gasteiger partial charge in [0.05, 0.1) is 10.0 Å². The van der Waals surface area contributed by atoms with E-state index >= 15 is 0 Å². The molecular formula is C19H24Cl3N3O2. The smallest absolute Gasteiger partial charge is 0.254 e. The van der Waals surface area contributed by atoms with Crippen LogP contribution in [0.3, 0.4) is 0 Å². The summed E-state index contributed by atoms with van der Waals surface area (Å²) < 4.78 is 0. The summed E-state index contributed by atoms with van der Waals surface area (Å²) in [5, 5.41) is 7.55. The van der Waals surface area contributed by atoms with Gasteiger partial charge in [-0.25, -0.2) is 0 Å². The fourth-order valence-corrected chi connectivity index (χ4v) is 4.85. The minimum Gasteiger partial charge on any atom is -0.351 e. The molecule has 148 valence electrons. The van der Waals surface area contributed by atoms with Crippen molar-refractivity contribution in [2.45, 2.75) is 62.7 Å². The van der Waals surface area contributed by atoms with E-state index in [-0.39, 0.29) is 30.3 Å². The van der Waals surface area contributed by atoms with Crippen molar-refractivity contribution < 1.29 is 9.59 Å². The average molecular weight is 433 g/mol. The third-order valence-electron chi connectivity index (χ3n) is 5.80. The number of nitrogens with one attached hydrogen (secondary N) is 2. The highest BCUT2D eigenvalue weighted by molar-refractivity contribution is 6.42. The summed E-state index contributed by atoms with van der Waals surface area (Å²) in [6, 6.07) is 5.72. The molecule has 0 radical (unpaired) electrons. The molecule has 27 heavy (non-hydrogen) atoms. The van der Waals surface area contributed by atoms with Gasteiger partial charge in [-0.1, -0.05) is 23.2 Å². The summed E-state index contributed by atoms with van der Waals surface area (Å²) in [4.78, 5) is 27.4. The fourth-order valence-electron chi connectivity index (χ4n) is 4.55. The summed E-state index contributed by atoms with van der Waals surface area (Å²) in [6.07, 6.45) is 5.90. The van der Waals surface area contributed by atoms with Gasteiger partial charge in [-0.15, -0.1) is 12.4 Å². The first-order chi connectivity index (χ1) is 12.5. The van der Waals surface area contributed by atoms with Crippen molar-refractivity contribution in [2.75, 3.05) is 6.54 Å². The van der Waals surface area contributed by atoms with Gasteiger partial charge in [-0.3, -0.25) is 9.59 Å². The van der Waals surface area contributed by atoms with Gasteiger partial charge < -0.3 is 15.5 Å². The summed E-state index contributed by atoms with van der Waals surface area (Å²) in [6.45, 7) is 0.592. The zero-order valence-corrected chi connectivity index (χ0v) is 17.2. The van der Waals surface area contributed by atoms with E-state index in [0.717, 1.165) is 19.3 Å². The molecule has 0 aliphatic carbocycles. The minimum atomic E-state index is -0.399. The van der Waals surface area contributed by atoms with E-state index in [9.17, 15) is 9.59 Å². The number of piperidine rings is 1. The summed E-state index contributed by atoms with van der Waals surface area (Å²) in [5.74, 6) is -0.186. The second kappa shape index (κ2) is 8.56. The van der Waals surface area contributed by atoms with Crippen molar-refractivity contribution >= 4 is 47.4 Å². The fraction of sp³-hybridized carbons (Fsp3) is 0.579. The molecule has 3 atom stereocenters. The van der Waals surface area contributed by atoms with Crippen LogP contribution in [0.4, 0.5) is 0 Å². The van der Waals surface area contributed by atoms with Gasteiger partial charge in [0.2, 0.25) is 5.91 Å². The predicted octanol–water partition coefficient (Wildman–Crippen LogP) is 3.42. The standard InChI is InChI=1S/C19H23Cl2N3O2.ClH/c20-15-6-3-11(8-16(15)21)19(26)24-7-1-2-17(24)18(25)23-14-9-12-4-5-13(10-14)22-12;/h3,6,8,12-14,17,22H,1-2,4-5,7,9-10H2,(H,23,25);1H. The first-order valence-electron chi connectivity index (χ1n) is 9.33. The van der Waals surface area contributed by atoms with Crippen molar-refractivity contribution in [3.63, 3.8) is 0 Å². The molecule has 3 fully saturated rings. The van der Waals surface area contributed by atoms with Gasteiger partial charge in [0.25, 0.3) is 5.91 Å². The molecule has 3 aliphatic rings. The molecule has 0 aromatic heterocycles. The van der Waals surface area contributed by atoms with E-state index in [2.05, 4.69) is 10.6 Å². The molecule has 0 spiro atoms. The minimum absolute atomic E-state index is 0. The molecular weight excluding hydrogens is 409 g/mol. The maximum absolute atomic E-state index is 12.9. The van der Waals surface area contributed by atoms with Gasteiger partial charge in [0, 0.05) is 30.2 Å². The Kier molecular flexibility index (Phi) is 6.57. The highest BCUT2D eigenvalue weighted by atomic mass is 35.5. The predicted molar refractivity (Wildman–Crippen MR) is 109 cm³/mol. The number of likely N-dealkylation sites (tertiary alicyclic amines) is 1. The van der Waals surface area contributed by atoms with Gasteiger partial charge in [0.15, 0.2) is 0 Å². The van der Waals surface area contributed by atoms with Gasteiger partial charge in [-0.2, -0.15) is 0 Å². The van der Waals surface area contributed by atoms with Crippen LogP contribution >= 0.6 is 35.6 Å². The average Bonchev–Trinajstić information content (AvgIpc) is 3.23. The molecule has 3 saturated heterocycles. The number of carbonyl (C=O) groups is 2. The van der Waals surface area contributed by atoms with E-state index in [4.69, 9.17) is 23.2 Å². The Morgan fingerprint density at radius 2 is 1.78 bits per heavy atom. The van der Waals surface area contributed by atoms with Crippen molar-refractivity contribution in [1.29, 1.82) is 0 Å². The number of amides is 2. The number of hydrogen-bond acceptors (Lipinski definition) is 3. The number of benzene rings is 1. The maximum atomic E-state index is 12.9. The molecule has 2 amide bonds. The molecule has 3 unspecified atom stereocenters. The van der Waals surface area contributed by atoms with Crippen molar-refractivity contribution in [3.05, 3.63) is 33.8 Å². The number of fused-ring (bicyclic) bond motifs is 2. The molecule has 8 heteroatoms. The van der Waals surface area contributed by atoms with Crippen LogP contribution in [0, 0.1) is 0 Å². The van der Waals surface area contributed by atoms with E-state index in [1.807, 2.05) is 0 Å². The van der Waals surface area contributed by atoms with E-state index in [0.29, 0.717) is 40.7 Å². The van der Waals surface area contributed by atoms with Gasteiger partial charge in [0.1, 0.15) is 6.04 Å². The number of hydrogen-bond donors (Lipinski definition) is 2. The normalized spacial score (nSPS) is 29.3. The summed E-state index contributed by atoms with van der Waals surface area (Å²) >= 11 is 12.0. The Labute approximate surface area is 175 Å². The molecule has 4 rings (SSSR count). The SMILES string of the molecule is Cl.O=C(NC1CC2CCC(C1)N2)C1CCCN1C(=O)c1ccc(Cl)c(Cl)c1. The van der Waals surface area contributed by atoms with E-state index in [1.165, 1.54) is 12.8 Å². The Balaban J connectivity index is 0.00000210. The molecule has 3 heterocycles. The molecule has 5 nitrogen and oxygen atoms in total. The number of rotatable bonds is 3. The summed E-state index contributed by atoms with van der Waals surface area (Å²) in [7, 11) is 0. The van der Waals surface area contributed by atoms with Crippen molar-refractivity contribution in [2.24, 2.45) is 0 Å². The molecule has 2 N–H and O–H groups in total. The quantitative estimate of drug-likeness (QED) is 0.769. The van der Waals surface area contributed by atoms with Crippen LogP contribution in [0.25, 0.3) is 0 Å². The maximum Gasteiger partial charge on any atom is 0.254 e. The molecule has 2 bridgehead atoms. The van der Waals surface area contributed by atoms with Gasteiger partial charge >= 0.3 is 0 Å². The molecule has 0 saturated carbocycles. The van der Waals surface area contributed by atoms with Crippen LogP contribution in [0.5, 0.6) is 0 Å². The highest BCUT2D eigenvalue weighted by Gasteiger charge is 2.38. The zero-order valence-electron chi connectivity index (χ0n) is 14.9. The Bertz CT molecular complexity index is 718. The Morgan fingerprint density at radius 1 is 1.07 bits per heavy atom. The van der Waals surface area contributed by atoms with Crippen LogP contribution in [0.2, 0.25) is 10.0 Å². The van der Waals surface area contributed by atoms with Crippen molar-refractivity contribution in [1.82, 2.24) is 15.5 Å². The first-order valence-corrected chi connectivity index (χ1v) is 10.1. The van der Waals surface area contributed by atoms with Crippen LogP contribution < -0.4 is 10.6 Å². The van der Waals surface area contributed by atoms with Crippen LogP contribution in [-0.2, 0) is 4.79 Å². The Hall–Kier alpha value is -1.01. The first kappa shape index (κ1) is 20.7. The second-order valence-corrected chi connectivity index (χ2v) is 8.41. The summed E-state index contributed by atoms with van der Waals surface area (Å²) in [5.41, 5.74) is 0.471. The van der Waals surface area contributed by atoms with E-state index < -0.39 is 6.04 Å². The lowest BCUT2D eigenvalue weighted by molar-refractivity contribution is -0.125. The zero-order chi connectivity index (χ0) is 18.3. The third-order valence-corrected chi connectivity index (χ3v) is 6.54. The second-order valence-electron chi connectivity index (χ2n) is 7.60. The lowest BCUT2D eigenvalue weighted by Gasteiger charge is -2.32. The highest BCUT2D eigenvalue weighted by Crippen LogP contribution is 2.28. The third kappa shape index (κ3) is 4.37. The Morgan fingerprint density at radius 3 is 2.44 bits per heavy atom. The largest absolute Gasteiger partial charge is 0.351 e. The van der Waals surface area contributed by atoms with Crippen molar-refractivity contribution in [3.8, 4) is 0 Å². The number of carbonyl (C=O) groups excluding carboxylic acids is 2. The van der Waals surface area contributed by atoms with Crippen LogP contribution in [0.15, 0.2) is 18.2 Å². The lowest BCUT2D eigenvalue weighted by atomic mass is 9.99. The molecule has 3 aliphatic heterocycles.